The first-order valence-corrected chi connectivity index (χ1v) is 12.1. The number of ether oxygens (including phenoxy) is 1. The number of phenols is 1. The minimum Gasteiger partial charge on any atom is -0.506 e. The van der Waals surface area contributed by atoms with E-state index in [1.165, 1.54) is 11.1 Å². The van der Waals surface area contributed by atoms with Crippen molar-refractivity contribution in [1.82, 2.24) is 4.98 Å². The third-order valence-electron chi connectivity index (χ3n) is 6.57. The molecule has 5 heteroatoms. The first-order valence-electron chi connectivity index (χ1n) is 11.2. The second kappa shape index (κ2) is 7.63. The molecule has 3 aromatic carbocycles. The van der Waals surface area contributed by atoms with E-state index in [9.17, 15) is 5.11 Å². The van der Waals surface area contributed by atoms with Crippen molar-refractivity contribution in [3.05, 3.63) is 95.6 Å². The first kappa shape index (κ1) is 20.3. The predicted molar refractivity (Wildman–Crippen MR) is 135 cm³/mol. The number of phenolic OH excluding ortho intramolecular Hbond substituents is 1. The Bertz CT molecular complexity index is 1410. The van der Waals surface area contributed by atoms with Crippen molar-refractivity contribution in [3.63, 3.8) is 0 Å². The first-order chi connectivity index (χ1) is 16.0. The van der Waals surface area contributed by atoms with Crippen molar-refractivity contribution < 1.29 is 9.84 Å². The smallest absolute Gasteiger partial charge is 0.219 e. The van der Waals surface area contributed by atoms with Crippen LogP contribution in [0.3, 0.4) is 0 Å². The highest BCUT2D eigenvalue weighted by Crippen LogP contribution is 2.52. The zero-order chi connectivity index (χ0) is 22.6. The van der Waals surface area contributed by atoms with Gasteiger partial charge in [-0.3, -0.25) is 4.99 Å². The fourth-order valence-electron chi connectivity index (χ4n) is 4.98. The Balaban J connectivity index is 1.30. The van der Waals surface area contributed by atoms with Gasteiger partial charge in [-0.05, 0) is 47.2 Å². The van der Waals surface area contributed by atoms with Gasteiger partial charge in [-0.2, -0.15) is 0 Å². The van der Waals surface area contributed by atoms with Crippen LogP contribution in [0.25, 0.3) is 10.9 Å². The van der Waals surface area contributed by atoms with E-state index in [1.54, 1.807) is 12.1 Å². The van der Waals surface area contributed by atoms with Crippen molar-refractivity contribution in [2.45, 2.75) is 37.0 Å². The van der Waals surface area contributed by atoms with Gasteiger partial charge in [0.2, 0.25) is 5.88 Å². The van der Waals surface area contributed by atoms with Gasteiger partial charge in [0.05, 0.1) is 11.1 Å². The molecule has 33 heavy (non-hydrogen) atoms. The normalized spacial score (nSPS) is 20.7. The summed E-state index contributed by atoms with van der Waals surface area (Å²) in [5, 5.41) is 12.5. The lowest BCUT2D eigenvalue weighted by Gasteiger charge is -2.38. The molecule has 1 N–H and O–H groups in total. The van der Waals surface area contributed by atoms with Crippen LogP contribution < -0.4 is 4.74 Å². The number of aromatic nitrogens is 1. The highest BCUT2D eigenvalue weighted by atomic mass is 32.2. The zero-order valence-electron chi connectivity index (χ0n) is 18.5. The quantitative estimate of drug-likeness (QED) is 0.363. The molecule has 1 aliphatic heterocycles. The molecule has 0 saturated heterocycles. The Morgan fingerprint density at radius 1 is 0.970 bits per heavy atom. The van der Waals surface area contributed by atoms with Crippen molar-refractivity contribution >= 4 is 27.7 Å². The molecular formula is C28H24N2O2S. The summed E-state index contributed by atoms with van der Waals surface area (Å²) in [6, 6.07) is 26.1. The molecule has 0 fully saturated rings. The van der Waals surface area contributed by atoms with Crippen LogP contribution >= 0.6 is 11.8 Å². The number of fused-ring (bicyclic) bond motifs is 4. The third kappa shape index (κ3) is 3.57. The molecule has 4 nitrogen and oxygen atoms in total. The minimum atomic E-state index is 0.147. The molecule has 0 radical (unpaired) electrons. The minimum absolute atomic E-state index is 0.147. The Kier molecular flexibility index (Phi) is 4.70. The van der Waals surface area contributed by atoms with Gasteiger partial charge < -0.3 is 9.84 Å². The van der Waals surface area contributed by atoms with Crippen LogP contribution in [0.5, 0.6) is 17.4 Å². The van der Waals surface area contributed by atoms with E-state index in [4.69, 9.17) is 9.73 Å². The monoisotopic (exact) mass is 452 g/mol. The summed E-state index contributed by atoms with van der Waals surface area (Å²) in [5.41, 5.74) is 4.51. The Morgan fingerprint density at radius 2 is 1.82 bits per heavy atom. The van der Waals surface area contributed by atoms with Crippen LogP contribution in [-0.2, 0) is 5.41 Å². The molecule has 1 aromatic heterocycles. The molecule has 1 aliphatic carbocycles. The van der Waals surface area contributed by atoms with Gasteiger partial charge in [-0.1, -0.05) is 62.4 Å². The zero-order valence-corrected chi connectivity index (χ0v) is 19.3. The molecule has 2 aliphatic rings. The van der Waals surface area contributed by atoms with Crippen LogP contribution in [0, 0.1) is 0 Å². The average molecular weight is 453 g/mol. The van der Waals surface area contributed by atoms with Gasteiger partial charge in [0.1, 0.15) is 17.0 Å². The second-order valence-electron chi connectivity index (χ2n) is 9.34. The largest absolute Gasteiger partial charge is 0.506 e. The standard InChI is InChI=1S/C28H24N2O2S/c1-28(2)16-23-26(20-10-3-4-11-21(20)28)30-27(33-23)18-8-5-9-19(15-18)32-24-14-13-17-7-6-12-22(31)25(17)29-24/h3-15,23,26,31H,16H2,1-2H3/t23-,26-/m0/s1. The van der Waals surface area contributed by atoms with E-state index in [0.29, 0.717) is 22.4 Å². The number of aliphatic imine (C=N–C) groups is 1. The number of pyridine rings is 1. The third-order valence-corrected chi connectivity index (χ3v) is 7.86. The molecule has 0 bridgehead atoms. The SMILES string of the molecule is CC1(C)C[C@@H]2SC(c3cccc(Oc4ccc5cccc(O)c5n4)c3)=N[C@H]2c2ccccc21. The van der Waals surface area contributed by atoms with E-state index in [2.05, 4.69) is 49.2 Å². The van der Waals surface area contributed by atoms with Gasteiger partial charge in [0.25, 0.3) is 0 Å². The van der Waals surface area contributed by atoms with Gasteiger partial charge in [-0.15, -0.1) is 11.8 Å². The predicted octanol–water partition coefficient (Wildman–Crippen LogP) is 7.02. The van der Waals surface area contributed by atoms with Crippen LogP contribution in [-0.4, -0.2) is 20.4 Å². The lowest BCUT2D eigenvalue weighted by atomic mass is 9.71. The highest BCUT2D eigenvalue weighted by molar-refractivity contribution is 8.15. The molecule has 2 atom stereocenters. The van der Waals surface area contributed by atoms with E-state index in [-0.39, 0.29) is 17.2 Å². The number of nitrogens with zero attached hydrogens (tertiary/aromatic N) is 2. The lowest BCUT2D eigenvalue weighted by Crippen LogP contribution is -2.32. The number of hydrogen-bond acceptors (Lipinski definition) is 5. The molecule has 0 spiro atoms. The number of benzene rings is 3. The summed E-state index contributed by atoms with van der Waals surface area (Å²) in [6.07, 6.45) is 1.10. The van der Waals surface area contributed by atoms with Crippen LogP contribution in [0.2, 0.25) is 0 Å². The van der Waals surface area contributed by atoms with Crippen LogP contribution in [0.4, 0.5) is 0 Å². The van der Waals surface area contributed by atoms with Crippen molar-refractivity contribution in [1.29, 1.82) is 0 Å². The fraction of sp³-hybridized carbons (Fsp3) is 0.214. The molecule has 2 heterocycles. The molecular weight excluding hydrogens is 428 g/mol. The number of hydrogen-bond donors (Lipinski definition) is 1. The van der Waals surface area contributed by atoms with Crippen LogP contribution in [0.15, 0.2) is 83.9 Å². The van der Waals surface area contributed by atoms with E-state index < -0.39 is 0 Å². The molecule has 164 valence electrons. The summed E-state index contributed by atoms with van der Waals surface area (Å²) in [4.78, 5) is 9.65. The van der Waals surface area contributed by atoms with Gasteiger partial charge in [-0.25, -0.2) is 4.98 Å². The molecule has 4 aromatic rings. The topological polar surface area (TPSA) is 54.7 Å². The summed E-state index contributed by atoms with van der Waals surface area (Å²) >= 11 is 1.88. The lowest BCUT2D eigenvalue weighted by molar-refractivity contribution is 0.410. The Labute approximate surface area is 197 Å². The van der Waals surface area contributed by atoms with Gasteiger partial charge in [0.15, 0.2) is 0 Å². The maximum atomic E-state index is 10.1. The highest BCUT2D eigenvalue weighted by Gasteiger charge is 2.43. The molecule has 0 amide bonds. The van der Waals surface area contributed by atoms with Gasteiger partial charge in [0, 0.05) is 22.3 Å². The second-order valence-corrected chi connectivity index (χ2v) is 10.6. The van der Waals surface area contributed by atoms with Gasteiger partial charge >= 0.3 is 0 Å². The summed E-state index contributed by atoms with van der Waals surface area (Å²) in [5.74, 6) is 1.30. The molecule has 0 saturated carbocycles. The van der Waals surface area contributed by atoms with Crippen molar-refractivity contribution in [2.24, 2.45) is 4.99 Å². The fourth-order valence-corrected chi connectivity index (χ4v) is 6.54. The van der Waals surface area contributed by atoms with Crippen molar-refractivity contribution in [2.75, 3.05) is 0 Å². The van der Waals surface area contributed by atoms with E-state index in [1.807, 2.05) is 48.2 Å². The number of rotatable bonds is 3. The maximum absolute atomic E-state index is 10.1. The maximum Gasteiger partial charge on any atom is 0.219 e. The molecule has 6 rings (SSSR count). The van der Waals surface area contributed by atoms with E-state index in [0.717, 1.165) is 22.4 Å². The summed E-state index contributed by atoms with van der Waals surface area (Å²) in [7, 11) is 0. The van der Waals surface area contributed by atoms with Crippen LogP contribution in [0.1, 0.15) is 43.0 Å². The number of thioether (sulfide) groups is 1. The average Bonchev–Trinajstić information content (AvgIpc) is 3.23. The van der Waals surface area contributed by atoms with E-state index >= 15 is 0 Å². The number of aromatic hydroxyl groups is 1. The van der Waals surface area contributed by atoms with Crippen molar-refractivity contribution in [3.8, 4) is 17.4 Å². The summed E-state index contributed by atoms with van der Waals surface area (Å²) in [6.45, 7) is 4.67. The number of para-hydroxylation sites is 1. The summed E-state index contributed by atoms with van der Waals surface area (Å²) < 4.78 is 6.06. The Hall–Kier alpha value is -3.31. The Morgan fingerprint density at radius 3 is 2.73 bits per heavy atom. The molecule has 0 unspecified atom stereocenters.